The van der Waals surface area contributed by atoms with Crippen molar-refractivity contribution in [1.82, 2.24) is 9.80 Å². The van der Waals surface area contributed by atoms with Gasteiger partial charge in [-0.25, -0.2) is 4.39 Å². The fraction of sp³-hybridized carbons (Fsp3) is 0.294. The van der Waals surface area contributed by atoms with E-state index in [1.165, 1.54) is 23.5 Å². The first-order valence-electron chi connectivity index (χ1n) is 7.56. The molecular formula is C17H17FN2O3S. The van der Waals surface area contributed by atoms with Crippen LogP contribution in [0.3, 0.4) is 0 Å². The molecule has 1 aliphatic rings. The lowest BCUT2D eigenvalue weighted by Gasteiger charge is -2.37. The molecule has 1 saturated heterocycles. The van der Waals surface area contributed by atoms with Crippen LogP contribution in [-0.4, -0.2) is 46.4 Å². The summed E-state index contributed by atoms with van der Waals surface area (Å²) < 4.78 is 13.0. The standard InChI is InChI=1S/C17H17FN2O3S/c18-14-3-1-12(2-4-14)9-19-6-7-20(10-15(19)21)16(17(22)23)13-5-8-24-11-13/h1-5,8,11,16H,6-7,9-10H2,(H,22,23)/t16-/m0/s1. The number of thiophene rings is 1. The van der Waals surface area contributed by atoms with E-state index in [2.05, 4.69) is 0 Å². The summed E-state index contributed by atoms with van der Waals surface area (Å²) in [5.41, 5.74) is 1.55. The van der Waals surface area contributed by atoms with Crippen molar-refractivity contribution < 1.29 is 19.1 Å². The summed E-state index contributed by atoms with van der Waals surface area (Å²) in [7, 11) is 0. The normalized spacial score (nSPS) is 17.0. The number of benzene rings is 1. The van der Waals surface area contributed by atoms with Gasteiger partial charge < -0.3 is 10.0 Å². The molecule has 5 nitrogen and oxygen atoms in total. The van der Waals surface area contributed by atoms with Gasteiger partial charge in [-0.15, -0.1) is 0 Å². The molecule has 0 unspecified atom stereocenters. The Labute approximate surface area is 142 Å². The average molecular weight is 348 g/mol. The summed E-state index contributed by atoms with van der Waals surface area (Å²) in [4.78, 5) is 27.4. The topological polar surface area (TPSA) is 60.9 Å². The first-order chi connectivity index (χ1) is 11.5. The van der Waals surface area contributed by atoms with Crippen LogP contribution in [0.1, 0.15) is 17.2 Å². The number of piperazine rings is 1. The molecule has 1 atom stereocenters. The number of rotatable bonds is 5. The predicted molar refractivity (Wildman–Crippen MR) is 88.1 cm³/mol. The Morgan fingerprint density at radius 2 is 2.00 bits per heavy atom. The van der Waals surface area contributed by atoms with E-state index in [0.29, 0.717) is 25.2 Å². The second-order valence-corrected chi connectivity index (χ2v) is 6.49. The minimum Gasteiger partial charge on any atom is -0.480 e. The third-order valence-corrected chi connectivity index (χ3v) is 4.79. The molecule has 0 radical (unpaired) electrons. The molecule has 1 fully saturated rings. The Kier molecular flexibility index (Phi) is 4.92. The first kappa shape index (κ1) is 16.6. The molecule has 24 heavy (non-hydrogen) atoms. The molecule has 0 bridgehead atoms. The largest absolute Gasteiger partial charge is 0.480 e. The van der Waals surface area contributed by atoms with Crippen LogP contribution in [0, 0.1) is 5.82 Å². The van der Waals surface area contributed by atoms with Crippen LogP contribution in [0.4, 0.5) is 4.39 Å². The number of carbonyl (C=O) groups is 2. The minimum absolute atomic E-state index is 0.0635. The first-order valence-corrected chi connectivity index (χ1v) is 8.50. The van der Waals surface area contributed by atoms with Gasteiger partial charge in [0.1, 0.15) is 11.9 Å². The number of hydrogen-bond donors (Lipinski definition) is 1. The molecule has 1 aromatic carbocycles. The fourth-order valence-corrected chi connectivity index (χ4v) is 3.54. The van der Waals surface area contributed by atoms with Gasteiger partial charge in [-0.05, 0) is 40.1 Å². The lowest BCUT2D eigenvalue weighted by molar-refractivity contribution is -0.148. The second-order valence-electron chi connectivity index (χ2n) is 5.71. The van der Waals surface area contributed by atoms with Crippen molar-refractivity contribution in [3.05, 3.63) is 58.0 Å². The van der Waals surface area contributed by atoms with Crippen molar-refractivity contribution in [2.24, 2.45) is 0 Å². The molecule has 0 spiro atoms. The van der Waals surface area contributed by atoms with Crippen molar-refractivity contribution >= 4 is 23.2 Å². The summed E-state index contributed by atoms with van der Waals surface area (Å²) in [5.74, 6) is -1.38. The van der Waals surface area contributed by atoms with E-state index < -0.39 is 12.0 Å². The van der Waals surface area contributed by atoms with Crippen LogP contribution in [-0.2, 0) is 16.1 Å². The third kappa shape index (κ3) is 3.63. The number of nitrogens with zero attached hydrogens (tertiary/aromatic N) is 2. The molecular weight excluding hydrogens is 331 g/mol. The molecule has 2 heterocycles. The SMILES string of the molecule is O=C(O)[C@H](c1ccsc1)N1CCN(Cc2ccc(F)cc2)C(=O)C1. The van der Waals surface area contributed by atoms with Gasteiger partial charge in [-0.2, -0.15) is 11.3 Å². The Morgan fingerprint density at radius 3 is 2.58 bits per heavy atom. The minimum atomic E-state index is -0.951. The highest BCUT2D eigenvalue weighted by Crippen LogP contribution is 2.25. The molecule has 3 rings (SSSR count). The van der Waals surface area contributed by atoms with Crippen LogP contribution < -0.4 is 0 Å². The smallest absolute Gasteiger partial charge is 0.325 e. The quantitative estimate of drug-likeness (QED) is 0.901. The molecule has 1 aliphatic heterocycles. The second kappa shape index (κ2) is 7.11. The van der Waals surface area contributed by atoms with Gasteiger partial charge in [0.15, 0.2) is 0 Å². The number of amides is 1. The van der Waals surface area contributed by atoms with Crippen LogP contribution in [0.2, 0.25) is 0 Å². The van der Waals surface area contributed by atoms with E-state index in [1.807, 2.05) is 5.38 Å². The van der Waals surface area contributed by atoms with Crippen molar-refractivity contribution in [1.29, 1.82) is 0 Å². The summed E-state index contributed by atoms with van der Waals surface area (Å²) >= 11 is 1.44. The van der Waals surface area contributed by atoms with Gasteiger partial charge in [0.05, 0.1) is 6.54 Å². The number of halogens is 1. The molecule has 0 saturated carbocycles. The van der Waals surface area contributed by atoms with Gasteiger partial charge in [-0.1, -0.05) is 12.1 Å². The maximum Gasteiger partial charge on any atom is 0.325 e. The van der Waals surface area contributed by atoms with E-state index >= 15 is 0 Å². The fourth-order valence-electron chi connectivity index (χ4n) is 2.86. The van der Waals surface area contributed by atoms with E-state index in [4.69, 9.17) is 0 Å². The molecule has 126 valence electrons. The van der Waals surface area contributed by atoms with Crippen LogP contribution in [0.5, 0.6) is 0 Å². The summed E-state index contributed by atoms with van der Waals surface area (Å²) in [6.45, 7) is 1.40. The van der Waals surface area contributed by atoms with E-state index in [9.17, 15) is 19.1 Å². The molecule has 1 amide bonds. The highest BCUT2D eigenvalue weighted by Gasteiger charge is 2.33. The zero-order valence-corrected chi connectivity index (χ0v) is 13.7. The lowest BCUT2D eigenvalue weighted by Crippen LogP contribution is -2.52. The van der Waals surface area contributed by atoms with Gasteiger partial charge >= 0.3 is 5.97 Å². The molecule has 7 heteroatoms. The number of aliphatic carboxylic acids is 1. The third-order valence-electron chi connectivity index (χ3n) is 4.09. The van der Waals surface area contributed by atoms with Gasteiger partial charge in [-0.3, -0.25) is 14.5 Å². The lowest BCUT2D eigenvalue weighted by atomic mass is 10.1. The number of carbonyl (C=O) groups excluding carboxylic acids is 1. The monoisotopic (exact) mass is 348 g/mol. The molecule has 2 aromatic rings. The van der Waals surface area contributed by atoms with Crippen molar-refractivity contribution in [3.8, 4) is 0 Å². The van der Waals surface area contributed by atoms with Gasteiger partial charge in [0.25, 0.3) is 0 Å². The highest BCUT2D eigenvalue weighted by molar-refractivity contribution is 7.08. The average Bonchev–Trinajstić information content (AvgIpc) is 3.06. The van der Waals surface area contributed by atoms with Crippen LogP contribution >= 0.6 is 11.3 Å². The van der Waals surface area contributed by atoms with E-state index in [0.717, 1.165) is 5.56 Å². The van der Waals surface area contributed by atoms with E-state index in [1.54, 1.807) is 33.4 Å². The molecule has 1 N–H and O–H groups in total. The molecule has 0 aliphatic carbocycles. The van der Waals surface area contributed by atoms with Crippen LogP contribution in [0.15, 0.2) is 41.1 Å². The molecule has 1 aromatic heterocycles. The highest BCUT2D eigenvalue weighted by atomic mass is 32.1. The summed E-state index contributed by atoms with van der Waals surface area (Å²) in [6, 6.07) is 7.02. The van der Waals surface area contributed by atoms with Crippen LogP contribution in [0.25, 0.3) is 0 Å². The zero-order chi connectivity index (χ0) is 17.1. The Morgan fingerprint density at radius 1 is 1.25 bits per heavy atom. The zero-order valence-electron chi connectivity index (χ0n) is 12.9. The predicted octanol–water partition coefficient (Wildman–Crippen LogP) is 2.36. The maximum absolute atomic E-state index is 13.0. The Bertz CT molecular complexity index is 718. The Hall–Kier alpha value is -2.25. The number of carboxylic acids is 1. The summed E-state index contributed by atoms with van der Waals surface area (Å²) in [5, 5.41) is 13.1. The van der Waals surface area contributed by atoms with Gasteiger partial charge in [0.2, 0.25) is 5.91 Å². The maximum atomic E-state index is 13.0. The summed E-state index contributed by atoms with van der Waals surface area (Å²) in [6.07, 6.45) is 0. The van der Waals surface area contributed by atoms with E-state index in [-0.39, 0.29) is 18.3 Å². The van der Waals surface area contributed by atoms with Gasteiger partial charge in [0, 0.05) is 19.6 Å². The van der Waals surface area contributed by atoms with Crippen molar-refractivity contribution in [2.75, 3.05) is 19.6 Å². The Balaban J connectivity index is 1.67. The van der Waals surface area contributed by atoms with Crippen molar-refractivity contribution in [2.45, 2.75) is 12.6 Å². The van der Waals surface area contributed by atoms with Crippen molar-refractivity contribution in [3.63, 3.8) is 0 Å². The number of hydrogen-bond acceptors (Lipinski definition) is 4. The number of carboxylic acid groups (broad SMARTS) is 1.